The second kappa shape index (κ2) is 6.79. The predicted molar refractivity (Wildman–Crippen MR) is 80.9 cm³/mol. The number of carbonyl (C=O) groups excluding carboxylic acids is 1. The maximum Gasteiger partial charge on any atom is 0.227 e. The Morgan fingerprint density at radius 1 is 1.35 bits per heavy atom. The number of halogens is 1. The van der Waals surface area contributed by atoms with E-state index in [0.29, 0.717) is 10.6 Å². The van der Waals surface area contributed by atoms with Gasteiger partial charge in [-0.1, -0.05) is 43.3 Å². The molecule has 0 aromatic heterocycles. The van der Waals surface area contributed by atoms with E-state index < -0.39 is 0 Å². The average molecular weight is 294 g/mol. The van der Waals surface area contributed by atoms with Gasteiger partial charge in [0, 0.05) is 6.04 Å². The molecule has 1 aromatic carbocycles. The Labute approximate surface area is 123 Å². The molecule has 0 saturated heterocycles. The van der Waals surface area contributed by atoms with E-state index in [0.717, 1.165) is 25.7 Å². The van der Waals surface area contributed by atoms with Gasteiger partial charge in [-0.25, -0.2) is 4.39 Å². The van der Waals surface area contributed by atoms with Crippen LogP contribution in [-0.4, -0.2) is 28.4 Å². The fourth-order valence-corrected chi connectivity index (χ4v) is 2.85. The number of nitrogens with zero attached hydrogens (tertiary/aromatic N) is 1. The number of rotatable bonds is 5. The number of hydrogen-bond acceptors (Lipinski definition) is 2. The summed E-state index contributed by atoms with van der Waals surface area (Å²) in [6, 6.07) is 6.55. The molecule has 0 aliphatic heterocycles. The lowest BCUT2D eigenvalue weighted by Crippen LogP contribution is -2.44. The van der Waals surface area contributed by atoms with Gasteiger partial charge in [0.05, 0.1) is 18.0 Å². The van der Waals surface area contributed by atoms with E-state index in [1.807, 2.05) is 0 Å². The molecular weight excluding hydrogens is 275 g/mol. The van der Waals surface area contributed by atoms with E-state index in [4.69, 9.17) is 18.0 Å². The maximum atomic E-state index is 13.6. The Morgan fingerprint density at radius 3 is 2.60 bits per heavy atom. The molecule has 0 heterocycles. The highest BCUT2D eigenvalue weighted by Gasteiger charge is 2.27. The lowest BCUT2D eigenvalue weighted by atomic mass is 10.1. The number of carbonyl (C=O) groups is 1. The zero-order chi connectivity index (χ0) is 14.5. The number of thiocarbonyl (C=S) groups is 1. The number of nitrogens with two attached hydrogens (primary N) is 1. The summed E-state index contributed by atoms with van der Waals surface area (Å²) < 4.78 is 13.6. The van der Waals surface area contributed by atoms with Crippen LogP contribution in [0.15, 0.2) is 24.3 Å². The van der Waals surface area contributed by atoms with Crippen molar-refractivity contribution in [3.05, 3.63) is 35.6 Å². The summed E-state index contributed by atoms with van der Waals surface area (Å²) in [5.41, 5.74) is 6.01. The summed E-state index contributed by atoms with van der Waals surface area (Å²) in [5.74, 6) is -0.447. The summed E-state index contributed by atoms with van der Waals surface area (Å²) in [6.45, 7) is 0.285. The van der Waals surface area contributed by atoms with Gasteiger partial charge in [0.15, 0.2) is 0 Å². The van der Waals surface area contributed by atoms with Crippen molar-refractivity contribution >= 4 is 23.1 Å². The lowest BCUT2D eigenvalue weighted by molar-refractivity contribution is -0.131. The van der Waals surface area contributed by atoms with Crippen LogP contribution >= 0.6 is 12.2 Å². The lowest BCUT2D eigenvalue weighted by Gasteiger charge is -2.28. The van der Waals surface area contributed by atoms with Crippen LogP contribution in [-0.2, 0) is 11.2 Å². The highest BCUT2D eigenvalue weighted by Crippen LogP contribution is 2.24. The minimum absolute atomic E-state index is 0.0613. The first-order valence-electron chi connectivity index (χ1n) is 6.89. The molecule has 1 aliphatic carbocycles. The molecule has 1 aromatic rings. The first kappa shape index (κ1) is 14.9. The van der Waals surface area contributed by atoms with E-state index in [-0.39, 0.29) is 30.7 Å². The smallest absolute Gasteiger partial charge is 0.227 e. The standard InChI is InChI=1S/C15H19FN2OS/c16-13-8-4-1-5-11(13)9-15(19)18(10-14(17)20)12-6-2-3-7-12/h1,4-5,8,12H,2-3,6-7,9-10H2,(H2,17,20). The van der Waals surface area contributed by atoms with Crippen LogP contribution in [0.5, 0.6) is 0 Å². The number of amides is 1. The van der Waals surface area contributed by atoms with Gasteiger partial charge < -0.3 is 10.6 Å². The van der Waals surface area contributed by atoms with Crippen molar-refractivity contribution < 1.29 is 9.18 Å². The molecule has 0 spiro atoms. The summed E-state index contributed by atoms with van der Waals surface area (Å²) in [5, 5.41) is 0. The molecule has 2 rings (SSSR count). The van der Waals surface area contributed by atoms with Gasteiger partial charge in [-0.05, 0) is 24.5 Å². The summed E-state index contributed by atoms with van der Waals surface area (Å²) in [7, 11) is 0. The molecule has 108 valence electrons. The van der Waals surface area contributed by atoms with Crippen molar-refractivity contribution in [2.24, 2.45) is 5.73 Å². The van der Waals surface area contributed by atoms with Crippen LogP contribution in [0.2, 0.25) is 0 Å². The van der Waals surface area contributed by atoms with E-state index >= 15 is 0 Å². The topological polar surface area (TPSA) is 46.3 Å². The quantitative estimate of drug-likeness (QED) is 0.848. The molecule has 0 unspecified atom stereocenters. The first-order chi connectivity index (χ1) is 9.58. The molecule has 0 bridgehead atoms. The van der Waals surface area contributed by atoms with Crippen molar-refractivity contribution in [2.45, 2.75) is 38.1 Å². The minimum atomic E-state index is -0.345. The van der Waals surface area contributed by atoms with Gasteiger partial charge in [-0.2, -0.15) is 0 Å². The summed E-state index contributed by atoms with van der Waals surface area (Å²) >= 11 is 4.93. The first-order valence-corrected chi connectivity index (χ1v) is 7.30. The van der Waals surface area contributed by atoms with Crippen molar-refractivity contribution in [2.75, 3.05) is 6.54 Å². The largest absolute Gasteiger partial charge is 0.392 e. The second-order valence-electron chi connectivity index (χ2n) is 5.19. The number of hydrogen-bond donors (Lipinski definition) is 1. The molecule has 5 heteroatoms. The average Bonchev–Trinajstić information content (AvgIpc) is 2.92. The molecule has 2 N–H and O–H groups in total. The van der Waals surface area contributed by atoms with Gasteiger partial charge in [0.1, 0.15) is 5.82 Å². The Morgan fingerprint density at radius 2 is 2.00 bits per heavy atom. The Balaban J connectivity index is 2.09. The van der Waals surface area contributed by atoms with E-state index in [1.54, 1.807) is 23.1 Å². The summed E-state index contributed by atoms with van der Waals surface area (Å²) in [6.07, 6.45) is 4.25. The third kappa shape index (κ3) is 3.76. The monoisotopic (exact) mass is 294 g/mol. The van der Waals surface area contributed by atoms with Gasteiger partial charge in [0.2, 0.25) is 5.91 Å². The highest BCUT2D eigenvalue weighted by molar-refractivity contribution is 7.80. The van der Waals surface area contributed by atoms with Gasteiger partial charge in [-0.3, -0.25) is 4.79 Å². The van der Waals surface area contributed by atoms with Crippen LogP contribution in [0, 0.1) is 5.82 Å². The van der Waals surface area contributed by atoms with Crippen LogP contribution in [0.1, 0.15) is 31.2 Å². The van der Waals surface area contributed by atoms with Crippen LogP contribution in [0.25, 0.3) is 0 Å². The fourth-order valence-electron chi connectivity index (χ4n) is 2.71. The zero-order valence-electron chi connectivity index (χ0n) is 11.3. The molecule has 1 saturated carbocycles. The van der Waals surface area contributed by atoms with Crippen molar-refractivity contribution in [3.63, 3.8) is 0 Å². The van der Waals surface area contributed by atoms with Crippen molar-refractivity contribution in [1.82, 2.24) is 4.90 Å². The van der Waals surface area contributed by atoms with Crippen LogP contribution in [0.3, 0.4) is 0 Å². The molecule has 0 atom stereocenters. The number of benzene rings is 1. The molecule has 0 radical (unpaired) electrons. The predicted octanol–water partition coefficient (Wildman–Crippen LogP) is 2.43. The second-order valence-corrected chi connectivity index (χ2v) is 5.72. The molecule has 20 heavy (non-hydrogen) atoms. The molecular formula is C15H19FN2OS. The van der Waals surface area contributed by atoms with E-state index in [9.17, 15) is 9.18 Å². The van der Waals surface area contributed by atoms with Crippen molar-refractivity contribution in [1.29, 1.82) is 0 Å². The Bertz CT molecular complexity index is 500. The van der Waals surface area contributed by atoms with Crippen LogP contribution in [0.4, 0.5) is 4.39 Å². The molecule has 1 aliphatic rings. The SMILES string of the molecule is NC(=S)CN(C(=O)Cc1ccccc1F)C1CCCC1. The maximum absolute atomic E-state index is 13.6. The Hall–Kier alpha value is -1.49. The normalized spacial score (nSPS) is 15.2. The highest BCUT2D eigenvalue weighted by atomic mass is 32.1. The van der Waals surface area contributed by atoms with Gasteiger partial charge >= 0.3 is 0 Å². The Kier molecular flexibility index (Phi) is 5.06. The van der Waals surface area contributed by atoms with Gasteiger partial charge in [-0.15, -0.1) is 0 Å². The molecule has 3 nitrogen and oxygen atoms in total. The van der Waals surface area contributed by atoms with E-state index in [2.05, 4.69) is 0 Å². The summed E-state index contributed by atoms with van der Waals surface area (Å²) in [4.78, 5) is 14.5. The third-order valence-electron chi connectivity index (χ3n) is 3.71. The van der Waals surface area contributed by atoms with Crippen molar-refractivity contribution in [3.8, 4) is 0 Å². The zero-order valence-corrected chi connectivity index (χ0v) is 12.2. The fraction of sp³-hybridized carbons (Fsp3) is 0.467. The van der Waals surface area contributed by atoms with Crippen LogP contribution < -0.4 is 5.73 Å². The molecule has 1 amide bonds. The van der Waals surface area contributed by atoms with Gasteiger partial charge in [0.25, 0.3) is 0 Å². The molecule has 1 fully saturated rings. The van der Waals surface area contributed by atoms with E-state index in [1.165, 1.54) is 6.07 Å². The minimum Gasteiger partial charge on any atom is -0.392 e. The third-order valence-corrected chi connectivity index (χ3v) is 3.84.